The van der Waals surface area contributed by atoms with E-state index in [0.29, 0.717) is 0 Å². The first kappa shape index (κ1) is 28.3. The molecule has 0 aliphatic rings. The van der Waals surface area contributed by atoms with Crippen LogP contribution in [0, 0.1) is 0 Å². The summed E-state index contributed by atoms with van der Waals surface area (Å²) in [7, 11) is 0. The molecule has 50 heavy (non-hydrogen) atoms. The predicted octanol–water partition coefficient (Wildman–Crippen LogP) is 13.6. The molecule has 0 aliphatic heterocycles. The molecule has 0 fully saturated rings. The molecule has 8 aromatic carbocycles. The molecule has 4 heteroatoms. The van der Waals surface area contributed by atoms with E-state index in [1.165, 1.54) is 0 Å². The second kappa shape index (κ2) is 11.4. The molecule has 0 unspecified atom stereocenters. The van der Waals surface area contributed by atoms with Crippen LogP contribution in [0.15, 0.2) is 191 Å². The summed E-state index contributed by atoms with van der Waals surface area (Å²) >= 11 is 0. The first-order valence-corrected chi connectivity index (χ1v) is 16.8. The van der Waals surface area contributed by atoms with E-state index in [0.717, 1.165) is 88.8 Å². The average Bonchev–Trinajstić information content (AvgIpc) is 3.74. The maximum Gasteiger partial charge on any atom is 0.137 e. The van der Waals surface area contributed by atoms with Gasteiger partial charge in [0.05, 0.1) is 0 Å². The Labute approximate surface area is 288 Å². The van der Waals surface area contributed by atoms with Crippen LogP contribution >= 0.6 is 0 Å². The Morgan fingerprint density at radius 3 is 1.30 bits per heavy atom. The fourth-order valence-electron chi connectivity index (χ4n) is 7.25. The zero-order valence-electron chi connectivity index (χ0n) is 27.0. The van der Waals surface area contributed by atoms with Gasteiger partial charge >= 0.3 is 0 Å². The van der Waals surface area contributed by atoms with Crippen molar-refractivity contribution < 1.29 is 8.83 Å². The van der Waals surface area contributed by atoms with Gasteiger partial charge in [-0.3, -0.25) is 0 Å². The molecular formula is C46H30N2O2. The van der Waals surface area contributed by atoms with Crippen molar-refractivity contribution in [1.82, 2.24) is 0 Å². The van der Waals surface area contributed by atoms with Crippen molar-refractivity contribution in [2.75, 3.05) is 9.80 Å². The Balaban J connectivity index is 1.08. The van der Waals surface area contributed by atoms with E-state index >= 15 is 0 Å². The fraction of sp³-hybridized carbons (Fsp3) is 0. The Hall–Kier alpha value is -6.78. The van der Waals surface area contributed by atoms with Gasteiger partial charge in [-0.15, -0.1) is 0 Å². The van der Waals surface area contributed by atoms with Crippen LogP contribution in [0.1, 0.15) is 0 Å². The molecule has 0 bridgehead atoms. The quantitative estimate of drug-likeness (QED) is 0.181. The van der Waals surface area contributed by atoms with Crippen LogP contribution in [0.4, 0.5) is 34.1 Å². The van der Waals surface area contributed by atoms with Gasteiger partial charge in [-0.2, -0.15) is 0 Å². The predicted molar refractivity (Wildman–Crippen MR) is 208 cm³/mol. The highest BCUT2D eigenvalue weighted by molar-refractivity contribution is 6.07. The normalized spacial score (nSPS) is 11.6. The van der Waals surface area contributed by atoms with E-state index in [-0.39, 0.29) is 0 Å². The number of hydrogen-bond donors (Lipinski definition) is 0. The van der Waals surface area contributed by atoms with Crippen LogP contribution in [0.5, 0.6) is 0 Å². The molecule has 4 nitrogen and oxygen atoms in total. The van der Waals surface area contributed by atoms with Gasteiger partial charge in [-0.05, 0) is 102 Å². The third kappa shape index (κ3) is 4.69. The van der Waals surface area contributed by atoms with Crippen molar-refractivity contribution in [2.24, 2.45) is 0 Å². The SMILES string of the molecule is c1ccc(N(c2ccc3cc(N(c4ccccc4)c4ccc5oc6ccccc6c5c4)ccc3c2)c2ccc3c(c2)oc2ccccc23)cc1. The molecule has 0 atom stereocenters. The van der Waals surface area contributed by atoms with Crippen molar-refractivity contribution in [2.45, 2.75) is 0 Å². The Morgan fingerprint density at radius 1 is 0.260 bits per heavy atom. The monoisotopic (exact) mass is 642 g/mol. The van der Waals surface area contributed by atoms with E-state index in [9.17, 15) is 0 Å². The molecule has 0 spiro atoms. The molecule has 236 valence electrons. The smallest absolute Gasteiger partial charge is 0.137 e. The van der Waals surface area contributed by atoms with Gasteiger partial charge < -0.3 is 18.6 Å². The number of nitrogens with zero attached hydrogens (tertiary/aromatic N) is 2. The lowest BCUT2D eigenvalue weighted by atomic mass is 10.1. The number of furan rings is 2. The zero-order valence-corrected chi connectivity index (χ0v) is 27.0. The van der Waals surface area contributed by atoms with Gasteiger partial charge in [0.25, 0.3) is 0 Å². The molecular weight excluding hydrogens is 613 g/mol. The lowest BCUT2D eigenvalue weighted by Crippen LogP contribution is -2.10. The number of anilines is 6. The largest absolute Gasteiger partial charge is 0.456 e. The van der Waals surface area contributed by atoms with E-state index in [2.05, 4.69) is 168 Å². The highest BCUT2D eigenvalue weighted by atomic mass is 16.3. The highest BCUT2D eigenvalue weighted by Crippen LogP contribution is 2.42. The molecule has 0 saturated carbocycles. The number of fused-ring (bicyclic) bond motifs is 7. The van der Waals surface area contributed by atoms with Gasteiger partial charge in [0, 0.05) is 61.7 Å². The summed E-state index contributed by atoms with van der Waals surface area (Å²) in [5, 5.41) is 6.78. The van der Waals surface area contributed by atoms with Gasteiger partial charge in [0.15, 0.2) is 0 Å². The van der Waals surface area contributed by atoms with Crippen LogP contribution in [-0.2, 0) is 0 Å². The molecule has 10 aromatic rings. The minimum Gasteiger partial charge on any atom is -0.456 e. The summed E-state index contributed by atoms with van der Waals surface area (Å²) in [5.41, 5.74) is 9.99. The van der Waals surface area contributed by atoms with Crippen LogP contribution in [0.3, 0.4) is 0 Å². The third-order valence-electron chi connectivity index (χ3n) is 9.59. The van der Waals surface area contributed by atoms with Crippen LogP contribution in [0.2, 0.25) is 0 Å². The minimum atomic E-state index is 0.873. The van der Waals surface area contributed by atoms with E-state index in [4.69, 9.17) is 8.83 Å². The lowest BCUT2D eigenvalue weighted by molar-refractivity contribution is 0.668. The van der Waals surface area contributed by atoms with Gasteiger partial charge in [-0.25, -0.2) is 0 Å². The number of rotatable bonds is 6. The van der Waals surface area contributed by atoms with Crippen molar-refractivity contribution in [3.63, 3.8) is 0 Å². The molecule has 0 radical (unpaired) electrons. The first-order valence-electron chi connectivity index (χ1n) is 16.8. The standard InChI is InChI=1S/C46H30N2O2/c1-3-11-33(12-4-1)47(37-24-26-45-42(29-37)40-16-8-10-18-44(40)49-45)35-21-19-32-28-36(22-20-31(32)27-35)48(34-13-5-2-6-14-34)38-23-25-41-39-15-7-9-17-43(39)50-46(41)30-38/h1-30H. The van der Waals surface area contributed by atoms with Gasteiger partial charge in [0.2, 0.25) is 0 Å². The summed E-state index contributed by atoms with van der Waals surface area (Å²) in [4.78, 5) is 4.61. The first-order chi connectivity index (χ1) is 24.8. The molecule has 2 heterocycles. The third-order valence-corrected chi connectivity index (χ3v) is 9.59. The average molecular weight is 643 g/mol. The van der Waals surface area contributed by atoms with Gasteiger partial charge in [-0.1, -0.05) is 84.9 Å². The topological polar surface area (TPSA) is 32.8 Å². The number of hydrogen-bond acceptors (Lipinski definition) is 4. The molecule has 2 aromatic heterocycles. The molecule has 0 N–H and O–H groups in total. The second-order valence-corrected chi connectivity index (χ2v) is 12.6. The van der Waals surface area contributed by atoms with Crippen molar-refractivity contribution in [3.8, 4) is 0 Å². The maximum absolute atomic E-state index is 6.30. The van der Waals surface area contributed by atoms with Crippen molar-refractivity contribution in [3.05, 3.63) is 182 Å². The van der Waals surface area contributed by atoms with Crippen molar-refractivity contribution >= 4 is 88.8 Å². The zero-order chi connectivity index (χ0) is 33.0. The summed E-state index contributed by atoms with van der Waals surface area (Å²) in [6.45, 7) is 0. The van der Waals surface area contributed by atoms with E-state index in [1.807, 2.05) is 24.3 Å². The maximum atomic E-state index is 6.30. The summed E-state index contributed by atoms with van der Waals surface area (Å²) < 4.78 is 12.5. The fourth-order valence-corrected chi connectivity index (χ4v) is 7.25. The van der Waals surface area contributed by atoms with Crippen LogP contribution in [-0.4, -0.2) is 0 Å². The molecule has 0 aliphatic carbocycles. The summed E-state index contributed by atoms with van der Waals surface area (Å²) in [6, 6.07) is 63.8. The lowest BCUT2D eigenvalue weighted by Gasteiger charge is -2.27. The van der Waals surface area contributed by atoms with E-state index < -0.39 is 0 Å². The number of benzene rings is 8. The highest BCUT2D eigenvalue weighted by Gasteiger charge is 2.18. The Kier molecular flexibility index (Phi) is 6.46. The Morgan fingerprint density at radius 2 is 0.680 bits per heavy atom. The number of para-hydroxylation sites is 4. The summed E-state index contributed by atoms with van der Waals surface area (Å²) in [5.74, 6) is 0. The molecule has 0 amide bonds. The molecule has 10 rings (SSSR count). The van der Waals surface area contributed by atoms with Gasteiger partial charge in [0.1, 0.15) is 22.3 Å². The van der Waals surface area contributed by atoms with Crippen molar-refractivity contribution in [1.29, 1.82) is 0 Å². The molecule has 0 saturated heterocycles. The Bertz CT molecular complexity index is 2840. The minimum absolute atomic E-state index is 0.873. The van der Waals surface area contributed by atoms with Crippen LogP contribution in [0.25, 0.3) is 54.6 Å². The second-order valence-electron chi connectivity index (χ2n) is 12.6. The van der Waals surface area contributed by atoms with E-state index in [1.54, 1.807) is 0 Å². The summed E-state index contributed by atoms with van der Waals surface area (Å²) in [6.07, 6.45) is 0. The van der Waals surface area contributed by atoms with Crippen LogP contribution < -0.4 is 9.80 Å².